The monoisotopic (exact) mass is 442 g/mol. The molecule has 0 bridgehead atoms. The molecular weight excluding hydrogens is 412 g/mol. The Morgan fingerprint density at radius 3 is 2.65 bits per heavy atom. The SMILES string of the molecule is CCN(CC)CCN(C)C(=O)c1cnn(-c2ncc(C)c(-c3cccs3)n2)c1COC. The van der Waals surface area contributed by atoms with E-state index in [1.54, 1.807) is 40.4 Å². The van der Waals surface area contributed by atoms with E-state index in [4.69, 9.17) is 9.72 Å². The first-order valence-corrected chi connectivity index (χ1v) is 11.3. The average Bonchev–Trinajstić information content (AvgIpc) is 3.45. The topological polar surface area (TPSA) is 76.4 Å². The van der Waals surface area contributed by atoms with Gasteiger partial charge in [0.15, 0.2) is 0 Å². The minimum Gasteiger partial charge on any atom is -0.378 e. The number of hydrogen-bond donors (Lipinski definition) is 0. The van der Waals surface area contributed by atoms with Crippen molar-refractivity contribution in [2.24, 2.45) is 0 Å². The van der Waals surface area contributed by atoms with Gasteiger partial charge in [-0.15, -0.1) is 11.3 Å². The van der Waals surface area contributed by atoms with Crippen LogP contribution in [-0.4, -0.2) is 75.8 Å². The number of carbonyl (C=O) groups excluding carboxylic acids is 1. The number of nitrogens with zero attached hydrogens (tertiary/aromatic N) is 6. The van der Waals surface area contributed by atoms with E-state index in [1.165, 1.54) is 0 Å². The number of amides is 1. The molecule has 1 amide bonds. The van der Waals surface area contributed by atoms with Gasteiger partial charge in [0.05, 0.1) is 34.6 Å². The number of methoxy groups -OCH3 is 1. The van der Waals surface area contributed by atoms with E-state index in [0.717, 1.165) is 35.8 Å². The fourth-order valence-electron chi connectivity index (χ4n) is 3.34. The number of aryl methyl sites for hydroxylation is 1. The van der Waals surface area contributed by atoms with Crippen molar-refractivity contribution in [3.05, 3.63) is 46.7 Å². The molecule has 0 fully saturated rings. The largest absolute Gasteiger partial charge is 0.378 e. The molecule has 166 valence electrons. The van der Waals surface area contributed by atoms with Gasteiger partial charge < -0.3 is 14.5 Å². The van der Waals surface area contributed by atoms with Crippen LogP contribution in [0.4, 0.5) is 0 Å². The summed E-state index contributed by atoms with van der Waals surface area (Å²) in [6.07, 6.45) is 3.37. The molecule has 0 saturated carbocycles. The van der Waals surface area contributed by atoms with Gasteiger partial charge in [-0.3, -0.25) is 4.79 Å². The molecule has 0 N–H and O–H groups in total. The molecule has 3 aromatic heterocycles. The zero-order valence-electron chi connectivity index (χ0n) is 18.8. The highest BCUT2D eigenvalue weighted by Crippen LogP contribution is 2.26. The Kier molecular flexibility index (Phi) is 7.89. The first-order valence-electron chi connectivity index (χ1n) is 10.4. The molecule has 8 nitrogen and oxygen atoms in total. The lowest BCUT2D eigenvalue weighted by atomic mass is 10.2. The normalized spacial score (nSPS) is 11.3. The highest BCUT2D eigenvalue weighted by Gasteiger charge is 2.23. The van der Waals surface area contributed by atoms with Crippen molar-refractivity contribution in [1.82, 2.24) is 29.5 Å². The van der Waals surface area contributed by atoms with Gasteiger partial charge in [-0.2, -0.15) is 9.78 Å². The predicted molar refractivity (Wildman–Crippen MR) is 123 cm³/mol. The summed E-state index contributed by atoms with van der Waals surface area (Å²) < 4.78 is 6.99. The van der Waals surface area contributed by atoms with E-state index < -0.39 is 0 Å². The number of ether oxygens (including phenoxy) is 1. The Hall–Kier alpha value is -2.62. The van der Waals surface area contributed by atoms with Gasteiger partial charge >= 0.3 is 0 Å². The summed E-state index contributed by atoms with van der Waals surface area (Å²) in [7, 11) is 3.42. The summed E-state index contributed by atoms with van der Waals surface area (Å²) in [6, 6.07) is 4.03. The first kappa shape index (κ1) is 23.1. The van der Waals surface area contributed by atoms with Crippen LogP contribution in [-0.2, 0) is 11.3 Å². The van der Waals surface area contributed by atoms with Gasteiger partial charge in [0.1, 0.15) is 0 Å². The third-order valence-electron chi connectivity index (χ3n) is 5.28. The smallest absolute Gasteiger partial charge is 0.257 e. The maximum atomic E-state index is 13.1. The lowest BCUT2D eigenvalue weighted by molar-refractivity contribution is 0.0774. The number of thiophene rings is 1. The Morgan fingerprint density at radius 2 is 2.00 bits per heavy atom. The van der Waals surface area contributed by atoms with Crippen LogP contribution in [0.25, 0.3) is 16.5 Å². The minimum atomic E-state index is -0.0870. The third-order valence-corrected chi connectivity index (χ3v) is 6.15. The average molecular weight is 443 g/mol. The van der Waals surface area contributed by atoms with Crippen molar-refractivity contribution in [3.63, 3.8) is 0 Å². The van der Waals surface area contributed by atoms with Crippen molar-refractivity contribution >= 4 is 17.2 Å². The maximum Gasteiger partial charge on any atom is 0.257 e. The van der Waals surface area contributed by atoms with E-state index in [2.05, 4.69) is 28.8 Å². The van der Waals surface area contributed by atoms with Crippen LogP contribution in [0.3, 0.4) is 0 Å². The second-order valence-electron chi connectivity index (χ2n) is 7.28. The van der Waals surface area contributed by atoms with Gasteiger partial charge in [0.2, 0.25) is 0 Å². The summed E-state index contributed by atoms with van der Waals surface area (Å²) in [5, 5.41) is 6.46. The number of hydrogen-bond acceptors (Lipinski definition) is 7. The van der Waals surface area contributed by atoms with Crippen molar-refractivity contribution in [2.45, 2.75) is 27.4 Å². The van der Waals surface area contributed by atoms with Crippen molar-refractivity contribution < 1.29 is 9.53 Å². The van der Waals surface area contributed by atoms with Gasteiger partial charge in [-0.1, -0.05) is 19.9 Å². The summed E-state index contributed by atoms with van der Waals surface area (Å²) in [6.45, 7) is 9.85. The van der Waals surface area contributed by atoms with Crippen LogP contribution in [0, 0.1) is 6.92 Å². The van der Waals surface area contributed by atoms with Gasteiger partial charge in [-0.05, 0) is 37.0 Å². The summed E-state index contributed by atoms with van der Waals surface area (Å²) in [5.41, 5.74) is 3.00. The lowest BCUT2D eigenvalue weighted by Gasteiger charge is -2.23. The van der Waals surface area contributed by atoms with E-state index in [-0.39, 0.29) is 12.5 Å². The van der Waals surface area contributed by atoms with Crippen LogP contribution in [0.2, 0.25) is 0 Å². The molecule has 0 aliphatic heterocycles. The molecule has 0 radical (unpaired) electrons. The van der Waals surface area contributed by atoms with Crippen LogP contribution >= 0.6 is 11.3 Å². The van der Waals surface area contributed by atoms with Crippen molar-refractivity contribution in [1.29, 1.82) is 0 Å². The first-order chi connectivity index (χ1) is 15.0. The maximum absolute atomic E-state index is 13.1. The van der Waals surface area contributed by atoms with Gasteiger partial charge in [-0.25, -0.2) is 9.97 Å². The summed E-state index contributed by atoms with van der Waals surface area (Å²) >= 11 is 1.62. The second kappa shape index (κ2) is 10.6. The summed E-state index contributed by atoms with van der Waals surface area (Å²) in [4.78, 5) is 27.4. The number of aromatic nitrogens is 4. The number of rotatable bonds is 10. The Labute approximate surface area is 187 Å². The number of carbonyl (C=O) groups is 1. The molecular formula is C22H30N6O2S. The van der Waals surface area contributed by atoms with Crippen molar-refractivity contribution in [2.75, 3.05) is 40.3 Å². The standard InChI is InChI=1S/C22H30N6O2S/c1-6-27(7-2)11-10-26(4)21(29)17-14-24-28(18(17)15-30-5)22-23-13-16(3)20(25-22)19-9-8-12-31-19/h8-9,12-14H,6-7,10-11,15H2,1-5H3. The molecule has 3 heterocycles. The second-order valence-corrected chi connectivity index (χ2v) is 8.23. The highest BCUT2D eigenvalue weighted by atomic mass is 32.1. The number of likely N-dealkylation sites (N-methyl/N-ethyl adjacent to an activating group) is 2. The van der Waals surface area contributed by atoms with E-state index in [0.29, 0.717) is 23.8 Å². The van der Waals surface area contributed by atoms with Crippen LogP contribution in [0.15, 0.2) is 29.9 Å². The fraction of sp³-hybridized carbons (Fsp3) is 0.455. The molecule has 0 aliphatic carbocycles. The highest BCUT2D eigenvalue weighted by molar-refractivity contribution is 7.13. The molecule has 0 atom stereocenters. The molecule has 31 heavy (non-hydrogen) atoms. The lowest BCUT2D eigenvalue weighted by Crippen LogP contribution is -2.36. The van der Waals surface area contributed by atoms with E-state index in [9.17, 15) is 4.79 Å². The molecule has 0 aromatic carbocycles. The molecule has 3 rings (SSSR count). The Balaban J connectivity index is 1.90. The minimum absolute atomic E-state index is 0.0870. The van der Waals surface area contributed by atoms with Crippen LogP contribution in [0.5, 0.6) is 0 Å². The molecule has 0 spiro atoms. The Bertz CT molecular complexity index is 998. The molecule has 3 aromatic rings. The summed E-state index contributed by atoms with van der Waals surface area (Å²) in [5.74, 6) is 0.335. The zero-order chi connectivity index (χ0) is 22.4. The fourth-order valence-corrected chi connectivity index (χ4v) is 4.12. The molecule has 0 unspecified atom stereocenters. The zero-order valence-corrected chi connectivity index (χ0v) is 19.6. The van der Waals surface area contributed by atoms with Gasteiger partial charge in [0, 0.05) is 33.4 Å². The molecule has 0 saturated heterocycles. The Morgan fingerprint density at radius 1 is 1.23 bits per heavy atom. The predicted octanol–water partition coefficient (Wildman–Crippen LogP) is 3.26. The van der Waals surface area contributed by atoms with Gasteiger partial charge in [0.25, 0.3) is 11.9 Å². The van der Waals surface area contributed by atoms with Crippen molar-refractivity contribution in [3.8, 4) is 16.5 Å². The quantitative estimate of drug-likeness (QED) is 0.480. The van der Waals surface area contributed by atoms with E-state index in [1.807, 2.05) is 31.5 Å². The van der Waals surface area contributed by atoms with Crippen LogP contribution < -0.4 is 0 Å². The molecule has 0 aliphatic rings. The van der Waals surface area contributed by atoms with E-state index >= 15 is 0 Å². The third kappa shape index (κ3) is 5.17. The molecule has 9 heteroatoms. The van der Waals surface area contributed by atoms with Crippen LogP contribution in [0.1, 0.15) is 35.5 Å².